The Morgan fingerprint density at radius 2 is 1.89 bits per heavy atom. The summed E-state index contributed by atoms with van der Waals surface area (Å²) in [4.78, 5) is 15.8. The lowest BCUT2D eigenvalue weighted by atomic mass is 9.76. The van der Waals surface area contributed by atoms with E-state index in [9.17, 15) is 4.79 Å². The van der Waals surface area contributed by atoms with Gasteiger partial charge in [0.15, 0.2) is 0 Å². The normalized spacial score (nSPS) is 14.9. The maximum atomic E-state index is 11.6. The molecule has 0 saturated heterocycles. The van der Waals surface area contributed by atoms with Crippen molar-refractivity contribution in [1.82, 2.24) is 4.98 Å². The number of benzene rings is 1. The third-order valence-corrected chi connectivity index (χ3v) is 3.82. The lowest BCUT2D eigenvalue weighted by Crippen LogP contribution is -2.21. The highest BCUT2D eigenvalue weighted by Crippen LogP contribution is 2.42. The molecule has 0 bridgehead atoms. The van der Waals surface area contributed by atoms with Gasteiger partial charge in [-0.3, -0.25) is 9.78 Å². The maximum Gasteiger partial charge on any atom is 0.267 e. The molecule has 0 spiro atoms. The van der Waals surface area contributed by atoms with E-state index in [2.05, 4.69) is 17.1 Å². The summed E-state index contributed by atoms with van der Waals surface area (Å²) < 4.78 is 0. The van der Waals surface area contributed by atoms with E-state index in [4.69, 9.17) is 5.73 Å². The number of hydrogen-bond acceptors (Lipinski definition) is 2. The van der Waals surface area contributed by atoms with Gasteiger partial charge in [0.2, 0.25) is 0 Å². The number of aromatic nitrogens is 1. The van der Waals surface area contributed by atoms with Gasteiger partial charge in [-0.25, -0.2) is 0 Å². The van der Waals surface area contributed by atoms with Crippen molar-refractivity contribution in [2.75, 3.05) is 0 Å². The molecule has 0 aliphatic heterocycles. The number of nitrogens with zero attached hydrogens (tertiary/aromatic N) is 1. The number of pyridine rings is 1. The molecule has 19 heavy (non-hydrogen) atoms. The third-order valence-electron chi connectivity index (χ3n) is 3.82. The zero-order valence-electron chi connectivity index (χ0n) is 10.7. The van der Waals surface area contributed by atoms with Gasteiger partial charge in [-0.2, -0.15) is 0 Å². The van der Waals surface area contributed by atoms with E-state index >= 15 is 0 Å². The van der Waals surface area contributed by atoms with Crippen molar-refractivity contribution in [2.24, 2.45) is 5.73 Å². The number of rotatable bonds is 3. The van der Waals surface area contributed by atoms with Crippen molar-refractivity contribution in [2.45, 2.75) is 25.2 Å². The summed E-state index contributed by atoms with van der Waals surface area (Å²) in [6.45, 7) is 0. The minimum Gasteiger partial charge on any atom is -0.364 e. The summed E-state index contributed by atoms with van der Waals surface area (Å²) in [5.41, 5.74) is 9.16. The average Bonchev–Trinajstić information content (AvgIpc) is 2.38. The fourth-order valence-electron chi connectivity index (χ4n) is 2.65. The van der Waals surface area contributed by atoms with Crippen molar-refractivity contribution >= 4 is 5.91 Å². The molecule has 0 atom stereocenters. The minimum absolute atomic E-state index is 0.423. The topological polar surface area (TPSA) is 56.0 Å². The number of nitrogens with two attached hydrogens (primary N) is 1. The van der Waals surface area contributed by atoms with Gasteiger partial charge in [0.1, 0.15) is 5.69 Å². The van der Waals surface area contributed by atoms with E-state index in [-0.39, 0.29) is 0 Å². The molecule has 1 heterocycles. The second-order valence-electron chi connectivity index (χ2n) is 4.98. The van der Waals surface area contributed by atoms with Crippen LogP contribution < -0.4 is 5.73 Å². The van der Waals surface area contributed by atoms with Crippen LogP contribution in [0.25, 0.3) is 11.1 Å². The first kappa shape index (κ1) is 11.9. The number of carbonyl (C=O) groups excluding carboxylic acids is 1. The smallest absolute Gasteiger partial charge is 0.267 e. The lowest BCUT2D eigenvalue weighted by molar-refractivity contribution is 0.0993. The summed E-state index contributed by atoms with van der Waals surface area (Å²) in [7, 11) is 0. The van der Waals surface area contributed by atoms with Crippen LogP contribution in [-0.4, -0.2) is 10.9 Å². The van der Waals surface area contributed by atoms with Crippen LogP contribution in [0.5, 0.6) is 0 Å². The highest BCUT2D eigenvalue weighted by molar-refractivity contribution is 5.94. The van der Waals surface area contributed by atoms with Gasteiger partial charge in [-0.05, 0) is 41.5 Å². The number of primary amides is 1. The number of carbonyl (C=O) groups is 1. The Kier molecular flexibility index (Phi) is 3.03. The molecule has 1 aromatic carbocycles. The second kappa shape index (κ2) is 4.84. The Labute approximate surface area is 112 Å². The molecule has 2 aromatic rings. The predicted octanol–water partition coefficient (Wildman–Crippen LogP) is 3.12. The average molecular weight is 252 g/mol. The van der Waals surface area contributed by atoms with E-state index in [0.717, 1.165) is 29.5 Å². The fourth-order valence-corrected chi connectivity index (χ4v) is 2.65. The Bertz CT molecular complexity index is 603. The molecular formula is C16H16N2O. The van der Waals surface area contributed by atoms with Crippen molar-refractivity contribution in [3.8, 4) is 11.1 Å². The van der Waals surface area contributed by atoms with Crippen LogP contribution in [0.15, 0.2) is 42.6 Å². The van der Waals surface area contributed by atoms with Gasteiger partial charge < -0.3 is 5.73 Å². The molecule has 2 N–H and O–H groups in total. The van der Waals surface area contributed by atoms with Crippen molar-refractivity contribution in [3.05, 3.63) is 53.9 Å². The first-order chi connectivity index (χ1) is 9.27. The molecule has 3 rings (SSSR count). The van der Waals surface area contributed by atoms with Crippen LogP contribution in [0, 0.1) is 0 Å². The number of hydrogen-bond donors (Lipinski definition) is 1. The van der Waals surface area contributed by atoms with Crippen LogP contribution in [0.3, 0.4) is 0 Å². The van der Waals surface area contributed by atoms with Crippen molar-refractivity contribution in [1.29, 1.82) is 0 Å². The van der Waals surface area contributed by atoms with Crippen molar-refractivity contribution < 1.29 is 4.79 Å². The van der Waals surface area contributed by atoms with Crippen LogP contribution >= 0.6 is 0 Å². The molecule has 3 heteroatoms. The van der Waals surface area contributed by atoms with Gasteiger partial charge in [-0.15, -0.1) is 0 Å². The van der Waals surface area contributed by atoms with E-state index in [0.29, 0.717) is 11.6 Å². The summed E-state index contributed by atoms with van der Waals surface area (Å²) >= 11 is 0. The van der Waals surface area contributed by atoms with Gasteiger partial charge in [0.05, 0.1) is 0 Å². The second-order valence-corrected chi connectivity index (χ2v) is 4.98. The van der Waals surface area contributed by atoms with Crippen molar-refractivity contribution in [3.63, 3.8) is 0 Å². The number of amides is 1. The Morgan fingerprint density at radius 1 is 1.16 bits per heavy atom. The van der Waals surface area contributed by atoms with Gasteiger partial charge in [-0.1, -0.05) is 36.8 Å². The monoisotopic (exact) mass is 252 g/mol. The van der Waals surface area contributed by atoms with Gasteiger partial charge in [0, 0.05) is 6.20 Å². The molecule has 96 valence electrons. The van der Waals surface area contributed by atoms with E-state index in [1.807, 2.05) is 24.3 Å². The van der Waals surface area contributed by atoms with Gasteiger partial charge in [0.25, 0.3) is 5.91 Å². The summed E-state index contributed by atoms with van der Waals surface area (Å²) in [5, 5.41) is 0. The van der Waals surface area contributed by atoms with E-state index in [1.165, 1.54) is 6.42 Å². The zero-order chi connectivity index (χ0) is 13.2. The SMILES string of the molecule is NC(=O)c1nccc(-c2ccccc2)c1C1CCC1. The zero-order valence-corrected chi connectivity index (χ0v) is 10.7. The minimum atomic E-state index is -0.431. The summed E-state index contributed by atoms with van der Waals surface area (Å²) in [6.07, 6.45) is 5.12. The van der Waals surface area contributed by atoms with E-state index < -0.39 is 5.91 Å². The molecular weight excluding hydrogens is 236 g/mol. The molecule has 1 aromatic heterocycles. The highest BCUT2D eigenvalue weighted by atomic mass is 16.1. The van der Waals surface area contributed by atoms with Crippen LogP contribution in [0.4, 0.5) is 0 Å². The molecule has 1 amide bonds. The molecule has 0 radical (unpaired) electrons. The Hall–Kier alpha value is -2.16. The van der Waals surface area contributed by atoms with Crippen LogP contribution in [-0.2, 0) is 0 Å². The molecule has 0 unspecified atom stereocenters. The van der Waals surface area contributed by atoms with E-state index in [1.54, 1.807) is 6.20 Å². The van der Waals surface area contributed by atoms with Crippen LogP contribution in [0.2, 0.25) is 0 Å². The fraction of sp³-hybridized carbons (Fsp3) is 0.250. The van der Waals surface area contributed by atoms with Crippen LogP contribution in [0.1, 0.15) is 41.2 Å². The Morgan fingerprint density at radius 3 is 2.47 bits per heavy atom. The Balaban J connectivity index is 2.18. The largest absolute Gasteiger partial charge is 0.364 e. The highest BCUT2D eigenvalue weighted by Gasteiger charge is 2.27. The summed E-state index contributed by atoms with van der Waals surface area (Å²) in [5.74, 6) is -0.00825. The molecule has 3 nitrogen and oxygen atoms in total. The van der Waals surface area contributed by atoms with Gasteiger partial charge >= 0.3 is 0 Å². The molecule has 1 aliphatic rings. The summed E-state index contributed by atoms with van der Waals surface area (Å²) in [6, 6.07) is 12.1. The predicted molar refractivity (Wildman–Crippen MR) is 74.8 cm³/mol. The molecule has 1 fully saturated rings. The third kappa shape index (κ3) is 2.12. The molecule has 1 aliphatic carbocycles. The lowest BCUT2D eigenvalue weighted by Gasteiger charge is -2.29. The first-order valence-electron chi connectivity index (χ1n) is 6.61. The first-order valence-corrected chi connectivity index (χ1v) is 6.61. The standard InChI is InChI=1S/C16H16N2O/c17-16(19)15-14(12-7-4-8-12)13(9-10-18-15)11-5-2-1-3-6-11/h1-3,5-6,9-10,12H,4,7-8H2,(H2,17,19). The molecule has 1 saturated carbocycles. The quantitative estimate of drug-likeness (QED) is 0.912. The maximum absolute atomic E-state index is 11.6.